The van der Waals surface area contributed by atoms with E-state index in [1.165, 1.54) is 0 Å². The second kappa shape index (κ2) is 4.28. The van der Waals surface area contributed by atoms with Gasteiger partial charge in [0.2, 0.25) is 5.91 Å². The standard InChI is InChI=1S/C10H19N3O/c1-11-10(14)8-2-4-13(5-3-8)9-6-12-7-9/h8-9,12H,2-7H2,1H3,(H,11,14). The van der Waals surface area contributed by atoms with Gasteiger partial charge < -0.3 is 10.6 Å². The predicted molar refractivity (Wildman–Crippen MR) is 55.0 cm³/mol. The minimum absolute atomic E-state index is 0.219. The average Bonchev–Trinajstić information content (AvgIpc) is 2.15. The zero-order valence-corrected chi connectivity index (χ0v) is 8.75. The number of amides is 1. The molecule has 2 rings (SSSR count). The van der Waals surface area contributed by atoms with E-state index in [0.29, 0.717) is 0 Å². The van der Waals surface area contributed by atoms with E-state index in [0.717, 1.165) is 45.1 Å². The minimum atomic E-state index is 0.219. The van der Waals surface area contributed by atoms with E-state index in [2.05, 4.69) is 15.5 Å². The third-order valence-electron chi connectivity index (χ3n) is 3.42. The van der Waals surface area contributed by atoms with Gasteiger partial charge in [0, 0.05) is 32.1 Å². The van der Waals surface area contributed by atoms with Gasteiger partial charge in [-0.15, -0.1) is 0 Å². The van der Waals surface area contributed by atoms with Gasteiger partial charge in [-0.2, -0.15) is 0 Å². The molecule has 2 aliphatic rings. The molecular weight excluding hydrogens is 178 g/mol. The van der Waals surface area contributed by atoms with E-state index in [1.54, 1.807) is 7.05 Å². The third-order valence-corrected chi connectivity index (χ3v) is 3.42. The summed E-state index contributed by atoms with van der Waals surface area (Å²) in [6.07, 6.45) is 2.05. The number of carbonyl (C=O) groups is 1. The van der Waals surface area contributed by atoms with E-state index in [9.17, 15) is 4.79 Å². The SMILES string of the molecule is CNC(=O)C1CCN(C2CNC2)CC1. The molecule has 2 aliphatic heterocycles. The molecule has 4 nitrogen and oxygen atoms in total. The van der Waals surface area contributed by atoms with E-state index in [1.807, 2.05) is 0 Å². The van der Waals surface area contributed by atoms with Crippen LogP contribution >= 0.6 is 0 Å². The van der Waals surface area contributed by atoms with Crippen LogP contribution in [0.1, 0.15) is 12.8 Å². The number of hydrogen-bond donors (Lipinski definition) is 2. The molecule has 0 bridgehead atoms. The molecule has 0 saturated carbocycles. The van der Waals surface area contributed by atoms with Crippen molar-refractivity contribution in [2.45, 2.75) is 18.9 Å². The van der Waals surface area contributed by atoms with Crippen molar-refractivity contribution in [2.75, 3.05) is 33.2 Å². The number of nitrogens with one attached hydrogen (secondary N) is 2. The highest BCUT2D eigenvalue weighted by molar-refractivity contribution is 5.78. The number of hydrogen-bond acceptors (Lipinski definition) is 3. The largest absolute Gasteiger partial charge is 0.359 e. The van der Waals surface area contributed by atoms with Crippen LogP contribution in [0.2, 0.25) is 0 Å². The smallest absolute Gasteiger partial charge is 0.222 e. The highest BCUT2D eigenvalue weighted by Crippen LogP contribution is 2.20. The second-order valence-electron chi connectivity index (χ2n) is 4.24. The predicted octanol–water partition coefficient (Wildman–Crippen LogP) is -0.584. The van der Waals surface area contributed by atoms with Gasteiger partial charge in [0.15, 0.2) is 0 Å². The van der Waals surface area contributed by atoms with Crippen LogP contribution in [0.25, 0.3) is 0 Å². The van der Waals surface area contributed by atoms with Crippen LogP contribution in [0.4, 0.5) is 0 Å². The molecule has 0 aliphatic carbocycles. The minimum Gasteiger partial charge on any atom is -0.359 e. The molecule has 80 valence electrons. The Balaban J connectivity index is 1.76. The van der Waals surface area contributed by atoms with Crippen LogP contribution in [0.15, 0.2) is 0 Å². The maximum Gasteiger partial charge on any atom is 0.222 e. The van der Waals surface area contributed by atoms with E-state index >= 15 is 0 Å². The molecular formula is C10H19N3O. The number of likely N-dealkylation sites (tertiary alicyclic amines) is 1. The molecule has 1 amide bonds. The number of piperidine rings is 1. The number of rotatable bonds is 2. The highest BCUT2D eigenvalue weighted by Gasteiger charge is 2.30. The van der Waals surface area contributed by atoms with Crippen molar-refractivity contribution in [3.63, 3.8) is 0 Å². The van der Waals surface area contributed by atoms with Crippen LogP contribution in [0.3, 0.4) is 0 Å². The second-order valence-corrected chi connectivity index (χ2v) is 4.24. The first-order chi connectivity index (χ1) is 6.81. The lowest BCUT2D eigenvalue weighted by molar-refractivity contribution is -0.126. The van der Waals surface area contributed by atoms with Gasteiger partial charge in [0.05, 0.1) is 0 Å². The maximum absolute atomic E-state index is 11.4. The number of carbonyl (C=O) groups excluding carboxylic acids is 1. The lowest BCUT2D eigenvalue weighted by atomic mass is 9.94. The Morgan fingerprint density at radius 1 is 1.36 bits per heavy atom. The van der Waals surface area contributed by atoms with Gasteiger partial charge in [0.1, 0.15) is 0 Å². The fraction of sp³-hybridized carbons (Fsp3) is 0.900. The molecule has 2 N–H and O–H groups in total. The van der Waals surface area contributed by atoms with Gasteiger partial charge in [0.25, 0.3) is 0 Å². The summed E-state index contributed by atoms with van der Waals surface area (Å²) < 4.78 is 0. The Bertz CT molecular complexity index is 207. The topological polar surface area (TPSA) is 44.4 Å². The first kappa shape index (κ1) is 9.93. The Labute approximate surface area is 85.0 Å². The molecule has 0 radical (unpaired) electrons. The van der Waals surface area contributed by atoms with Crippen molar-refractivity contribution in [3.05, 3.63) is 0 Å². The van der Waals surface area contributed by atoms with E-state index < -0.39 is 0 Å². The summed E-state index contributed by atoms with van der Waals surface area (Å²) in [5.41, 5.74) is 0. The Kier molecular flexibility index (Phi) is 3.03. The van der Waals surface area contributed by atoms with Crippen molar-refractivity contribution < 1.29 is 4.79 Å². The van der Waals surface area contributed by atoms with Gasteiger partial charge >= 0.3 is 0 Å². The monoisotopic (exact) mass is 197 g/mol. The summed E-state index contributed by atoms with van der Waals surface area (Å²) >= 11 is 0. The van der Waals surface area contributed by atoms with Crippen molar-refractivity contribution >= 4 is 5.91 Å². The molecule has 0 aromatic rings. The molecule has 0 aromatic heterocycles. The van der Waals surface area contributed by atoms with Crippen molar-refractivity contribution in [2.24, 2.45) is 5.92 Å². The lowest BCUT2D eigenvalue weighted by Crippen LogP contribution is -2.59. The molecule has 0 unspecified atom stereocenters. The molecule has 0 atom stereocenters. The average molecular weight is 197 g/mol. The zero-order chi connectivity index (χ0) is 9.97. The quantitative estimate of drug-likeness (QED) is 0.622. The summed E-state index contributed by atoms with van der Waals surface area (Å²) in [5, 5.41) is 6.02. The summed E-state index contributed by atoms with van der Waals surface area (Å²) in [7, 11) is 1.73. The molecule has 0 aromatic carbocycles. The van der Waals surface area contributed by atoms with Gasteiger partial charge in [-0.05, 0) is 25.9 Å². The molecule has 2 saturated heterocycles. The van der Waals surface area contributed by atoms with Gasteiger partial charge in [-0.1, -0.05) is 0 Å². The van der Waals surface area contributed by atoms with Crippen LogP contribution in [-0.2, 0) is 4.79 Å². The van der Waals surface area contributed by atoms with Crippen LogP contribution < -0.4 is 10.6 Å². The third kappa shape index (κ3) is 1.91. The van der Waals surface area contributed by atoms with Gasteiger partial charge in [-0.25, -0.2) is 0 Å². The van der Waals surface area contributed by atoms with Crippen LogP contribution in [-0.4, -0.2) is 50.1 Å². The Hall–Kier alpha value is -0.610. The fourth-order valence-electron chi connectivity index (χ4n) is 2.26. The summed E-state index contributed by atoms with van der Waals surface area (Å²) in [4.78, 5) is 13.9. The van der Waals surface area contributed by atoms with Crippen LogP contribution in [0.5, 0.6) is 0 Å². The normalized spacial score (nSPS) is 25.8. The highest BCUT2D eigenvalue weighted by atomic mass is 16.1. The number of nitrogens with zero attached hydrogens (tertiary/aromatic N) is 1. The maximum atomic E-state index is 11.4. The van der Waals surface area contributed by atoms with Crippen molar-refractivity contribution in [3.8, 4) is 0 Å². The fourth-order valence-corrected chi connectivity index (χ4v) is 2.26. The zero-order valence-electron chi connectivity index (χ0n) is 8.75. The Morgan fingerprint density at radius 3 is 2.43 bits per heavy atom. The molecule has 0 spiro atoms. The van der Waals surface area contributed by atoms with Crippen molar-refractivity contribution in [1.82, 2.24) is 15.5 Å². The Morgan fingerprint density at radius 2 is 2.00 bits per heavy atom. The molecule has 2 fully saturated rings. The van der Waals surface area contributed by atoms with Crippen molar-refractivity contribution in [1.29, 1.82) is 0 Å². The molecule has 14 heavy (non-hydrogen) atoms. The first-order valence-electron chi connectivity index (χ1n) is 5.47. The lowest BCUT2D eigenvalue weighted by Gasteiger charge is -2.41. The summed E-state index contributed by atoms with van der Waals surface area (Å²) in [5.74, 6) is 0.473. The molecule has 4 heteroatoms. The van der Waals surface area contributed by atoms with Crippen LogP contribution in [0, 0.1) is 5.92 Å². The van der Waals surface area contributed by atoms with Gasteiger partial charge in [-0.3, -0.25) is 9.69 Å². The van der Waals surface area contributed by atoms with E-state index in [4.69, 9.17) is 0 Å². The van der Waals surface area contributed by atoms with E-state index in [-0.39, 0.29) is 11.8 Å². The summed E-state index contributed by atoms with van der Waals surface area (Å²) in [6, 6.07) is 0.737. The first-order valence-corrected chi connectivity index (χ1v) is 5.47. The molecule has 2 heterocycles. The summed E-state index contributed by atoms with van der Waals surface area (Å²) in [6.45, 7) is 4.43.